The summed E-state index contributed by atoms with van der Waals surface area (Å²) < 4.78 is 0. The Balaban J connectivity index is 2.26. The number of rotatable bonds is 4. The molecule has 0 aromatic carbocycles. The van der Waals surface area contributed by atoms with Gasteiger partial charge >= 0.3 is 0 Å². The number of carbonyl (C=O) groups is 2. The predicted molar refractivity (Wildman–Crippen MR) is 93.3 cm³/mol. The molecule has 6 nitrogen and oxygen atoms in total. The van der Waals surface area contributed by atoms with Gasteiger partial charge in [-0.15, -0.1) is 0 Å². The Labute approximate surface area is 141 Å². The molecule has 124 valence electrons. The highest BCUT2D eigenvalue weighted by atomic mass is 32.1. The van der Waals surface area contributed by atoms with E-state index in [1.54, 1.807) is 0 Å². The number of nitrogens with one attached hydrogen (secondary N) is 2. The first-order valence-corrected chi connectivity index (χ1v) is 7.98. The molecule has 2 rings (SSSR count). The standard InChI is InChI=1S/C16H22N4O2S/c1-5-19(4)6-7-20-10(2)8-12(9-11(20)3)13-14(21)17-16(23)18-15(13)22/h8-9H,5-7H2,1-4H3,(H2,17,18,21,22,23). The van der Waals surface area contributed by atoms with E-state index < -0.39 is 11.8 Å². The van der Waals surface area contributed by atoms with Crippen molar-refractivity contribution in [3.05, 3.63) is 34.7 Å². The van der Waals surface area contributed by atoms with Crippen molar-refractivity contribution >= 4 is 29.1 Å². The van der Waals surface area contributed by atoms with Crippen LogP contribution in [0.15, 0.2) is 34.7 Å². The molecule has 7 heteroatoms. The Morgan fingerprint density at radius 2 is 1.65 bits per heavy atom. The molecule has 0 atom stereocenters. The van der Waals surface area contributed by atoms with Gasteiger partial charge in [-0.05, 0) is 57.4 Å². The van der Waals surface area contributed by atoms with Crippen LogP contribution < -0.4 is 10.6 Å². The topological polar surface area (TPSA) is 64.7 Å². The number of allylic oxidation sites excluding steroid dienone is 5. The summed E-state index contributed by atoms with van der Waals surface area (Å²) in [5.74, 6) is -0.915. The molecule has 0 saturated carbocycles. The lowest BCUT2D eigenvalue weighted by molar-refractivity contribution is -0.123. The van der Waals surface area contributed by atoms with Gasteiger partial charge in [0.05, 0.1) is 0 Å². The van der Waals surface area contributed by atoms with Crippen LogP contribution in [-0.4, -0.2) is 53.4 Å². The zero-order valence-electron chi connectivity index (χ0n) is 13.9. The smallest absolute Gasteiger partial charge is 0.263 e. The summed E-state index contributed by atoms with van der Waals surface area (Å²) >= 11 is 4.82. The highest BCUT2D eigenvalue weighted by molar-refractivity contribution is 7.80. The van der Waals surface area contributed by atoms with Crippen LogP contribution in [0.2, 0.25) is 0 Å². The molecule has 23 heavy (non-hydrogen) atoms. The summed E-state index contributed by atoms with van der Waals surface area (Å²) in [6.07, 6.45) is 3.73. The summed E-state index contributed by atoms with van der Waals surface area (Å²) in [6.45, 7) is 8.87. The van der Waals surface area contributed by atoms with Crippen LogP contribution in [0.5, 0.6) is 0 Å². The Bertz CT molecular complexity index is 604. The fourth-order valence-electron chi connectivity index (χ4n) is 2.58. The molecule has 0 aromatic rings. The first-order valence-electron chi connectivity index (χ1n) is 7.57. The quantitative estimate of drug-likeness (QED) is 0.454. The number of likely N-dealkylation sites (N-methyl/N-ethyl adjacent to an activating group) is 1. The maximum atomic E-state index is 12.1. The van der Waals surface area contributed by atoms with Crippen molar-refractivity contribution in [2.24, 2.45) is 0 Å². The van der Waals surface area contributed by atoms with E-state index in [0.29, 0.717) is 5.57 Å². The molecule has 0 bridgehead atoms. The highest BCUT2D eigenvalue weighted by Crippen LogP contribution is 2.25. The van der Waals surface area contributed by atoms with Crippen LogP contribution in [0, 0.1) is 0 Å². The summed E-state index contributed by atoms with van der Waals surface area (Å²) in [4.78, 5) is 28.5. The lowest BCUT2D eigenvalue weighted by atomic mass is 10.00. The Hall–Kier alpha value is -1.99. The zero-order chi connectivity index (χ0) is 17.1. The molecule has 2 heterocycles. The van der Waals surface area contributed by atoms with Crippen molar-refractivity contribution in [1.29, 1.82) is 0 Å². The van der Waals surface area contributed by atoms with E-state index in [4.69, 9.17) is 12.2 Å². The van der Waals surface area contributed by atoms with Gasteiger partial charge in [0.2, 0.25) is 0 Å². The van der Waals surface area contributed by atoms with Crippen molar-refractivity contribution in [2.75, 3.05) is 26.7 Å². The number of amides is 2. The molecular weight excluding hydrogens is 312 g/mol. The molecule has 2 aliphatic heterocycles. The molecule has 2 amide bonds. The molecule has 0 spiro atoms. The molecule has 0 radical (unpaired) electrons. The van der Waals surface area contributed by atoms with E-state index >= 15 is 0 Å². The van der Waals surface area contributed by atoms with E-state index in [2.05, 4.69) is 34.4 Å². The number of hydrogen-bond donors (Lipinski definition) is 2. The Kier molecular flexibility index (Phi) is 5.33. The SMILES string of the molecule is CCN(C)CCN1C(C)=CC(=C2C(=O)NC(=S)NC2=O)C=C1C. The third kappa shape index (κ3) is 3.86. The van der Waals surface area contributed by atoms with Gasteiger partial charge in [-0.2, -0.15) is 0 Å². The van der Waals surface area contributed by atoms with Gasteiger partial charge in [-0.25, -0.2) is 0 Å². The molecule has 1 saturated heterocycles. The molecular formula is C16H22N4O2S. The minimum Gasteiger partial charge on any atom is -0.348 e. The number of thiocarbonyl (C=S) groups is 1. The van der Waals surface area contributed by atoms with Crippen LogP contribution in [0.25, 0.3) is 0 Å². The summed E-state index contributed by atoms with van der Waals surface area (Å²) in [5.41, 5.74) is 2.72. The summed E-state index contributed by atoms with van der Waals surface area (Å²) in [7, 11) is 2.08. The zero-order valence-corrected chi connectivity index (χ0v) is 14.7. The van der Waals surface area contributed by atoms with Crippen molar-refractivity contribution in [2.45, 2.75) is 20.8 Å². The first-order chi connectivity index (χ1) is 10.8. The van der Waals surface area contributed by atoms with Gasteiger partial charge in [0.15, 0.2) is 5.11 Å². The van der Waals surface area contributed by atoms with E-state index in [1.807, 2.05) is 26.0 Å². The van der Waals surface area contributed by atoms with Crippen LogP contribution in [0.3, 0.4) is 0 Å². The minimum absolute atomic E-state index is 0.0470. The van der Waals surface area contributed by atoms with Crippen LogP contribution >= 0.6 is 12.2 Å². The molecule has 2 aliphatic rings. The third-order valence-electron chi connectivity index (χ3n) is 4.02. The average molecular weight is 334 g/mol. The number of carbonyl (C=O) groups excluding carboxylic acids is 2. The van der Waals surface area contributed by atoms with Crippen molar-refractivity contribution in [1.82, 2.24) is 20.4 Å². The lowest BCUT2D eigenvalue weighted by Crippen LogP contribution is -2.51. The predicted octanol–water partition coefficient (Wildman–Crippen LogP) is 0.889. The Morgan fingerprint density at radius 3 is 2.13 bits per heavy atom. The Morgan fingerprint density at radius 1 is 1.13 bits per heavy atom. The average Bonchev–Trinajstić information content (AvgIpc) is 2.44. The van der Waals surface area contributed by atoms with Gasteiger partial charge < -0.3 is 9.80 Å². The van der Waals surface area contributed by atoms with Crippen LogP contribution in [0.4, 0.5) is 0 Å². The largest absolute Gasteiger partial charge is 0.348 e. The van der Waals surface area contributed by atoms with Crippen molar-refractivity contribution < 1.29 is 9.59 Å². The van der Waals surface area contributed by atoms with Crippen molar-refractivity contribution in [3.63, 3.8) is 0 Å². The minimum atomic E-state index is -0.457. The molecule has 0 unspecified atom stereocenters. The highest BCUT2D eigenvalue weighted by Gasteiger charge is 2.29. The van der Waals surface area contributed by atoms with E-state index in [9.17, 15) is 9.59 Å². The van der Waals surface area contributed by atoms with Crippen LogP contribution in [0.1, 0.15) is 20.8 Å². The van der Waals surface area contributed by atoms with Gasteiger partial charge in [-0.1, -0.05) is 6.92 Å². The van der Waals surface area contributed by atoms with Crippen molar-refractivity contribution in [3.8, 4) is 0 Å². The molecule has 2 N–H and O–H groups in total. The molecule has 0 aliphatic carbocycles. The van der Waals surface area contributed by atoms with Gasteiger partial charge in [0, 0.05) is 24.5 Å². The van der Waals surface area contributed by atoms with E-state index in [1.165, 1.54) is 0 Å². The maximum absolute atomic E-state index is 12.1. The first kappa shape index (κ1) is 17.4. The second-order valence-electron chi connectivity index (χ2n) is 5.69. The number of hydrogen-bond acceptors (Lipinski definition) is 5. The summed E-state index contributed by atoms with van der Waals surface area (Å²) in [5, 5.41) is 4.99. The van der Waals surface area contributed by atoms with E-state index in [-0.39, 0.29) is 10.7 Å². The molecule has 0 aromatic heterocycles. The maximum Gasteiger partial charge on any atom is 0.263 e. The third-order valence-corrected chi connectivity index (χ3v) is 4.23. The fourth-order valence-corrected chi connectivity index (χ4v) is 2.76. The van der Waals surface area contributed by atoms with Gasteiger partial charge in [-0.3, -0.25) is 20.2 Å². The lowest BCUT2D eigenvalue weighted by Gasteiger charge is -2.32. The fraction of sp³-hybridized carbons (Fsp3) is 0.438. The molecule has 1 fully saturated rings. The normalized spacial score (nSPS) is 18.8. The van der Waals surface area contributed by atoms with E-state index in [0.717, 1.165) is 31.0 Å². The summed E-state index contributed by atoms with van der Waals surface area (Å²) in [6, 6.07) is 0. The van der Waals surface area contributed by atoms with Gasteiger partial charge in [0.1, 0.15) is 5.57 Å². The number of nitrogens with zero attached hydrogens (tertiary/aromatic N) is 2. The second kappa shape index (κ2) is 7.06. The van der Waals surface area contributed by atoms with Gasteiger partial charge in [0.25, 0.3) is 11.8 Å². The van der Waals surface area contributed by atoms with Crippen LogP contribution in [-0.2, 0) is 9.59 Å². The second-order valence-corrected chi connectivity index (χ2v) is 6.09. The monoisotopic (exact) mass is 334 g/mol.